The zero-order valence-electron chi connectivity index (χ0n) is 19.8. The summed E-state index contributed by atoms with van der Waals surface area (Å²) in [6.07, 6.45) is -3.54. The molecule has 8 heteroatoms. The molecular formula is C28H26F3N3O2. The number of halogens is 3. The second-order valence-corrected chi connectivity index (χ2v) is 9.08. The van der Waals surface area contributed by atoms with E-state index in [4.69, 9.17) is 9.72 Å². The number of alkyl halides is 3. The first-order valence-corrected chi connectivity index (χ1v) is 11.9. The Hall–Kier alpha value is -3.81. The molecular weight excluding hydrogens is 467 g/mol. The van der Waals surface area contributed by atoms with E-state index >= 15 is 0 Å². The lowest BCUT2D eigenvalue weighted by molar-refractivity contribution is -0.137. The van der Waals surface area contributed by atoms with Crippen LogP contribution >= 0.6 is 0 Å². The van der Waals surface area contributed by atoms with Gasteiger partial charge in [0.15, 0.2) is 0 Å². The van der Waals surface area contributed by atoms with Crippen molar-refractivity contribution < 1.29 is 22.7 Å². The molecule has 1 amide bonds. The maximum atomic E-state index is 13.2. The number of nitrogens with zero attached hydrogens (tertiary/aromatic N) is 3. The number of aryl methyl sites for hydroxylation is 2. The number of para-hydroxylation sites is 2. The number of rotatable bonds is 7. The SMILES string of the molecule is Cc1ccc(OCCCn2c([C@@H]3CC(=O)N(c4cccc(C(F)(F)F)c4)C3)nc3ccccc32)cc1. The van der Waals surface area contributed by atoms with Crippen molar-refractivity contribution in [3.05, 3.63) is 89.7 Å². The van der Waals surface area contributed by atoms with Crippen LogP contribution in [0.3, 0.4) is 0 Å². The Morgan fingerprint density at radius 3 is 2.58 bits per heavy atom. The normalized spacial score (nSPS) is 16.2. The number of hydrogen-bond donors (Lipinski definition) is 0. The predicted octanol–water partition coefficient (Wildman–Crippen LogP) is 6.35. The summed E-state index contributed by atoms with van der Waals surface area (Å²) in [6, 6.07) is 20.6. The van der Waals surface area contributed by atoms with Crippen molar-refractivity contribution in [2.24, 2.45) is 0 Å². The molecule has 0 spiro atoms. The van der Waals surface area contributed by atoms with Gasteiger partial charge in [0.1, 0.15) is 11.6 Å². The van der Waals surface area contributed by atoms with Gasteiger partial charge in [-0.2, -0.15) is 13.2 Å². The number of hydrogen-bond acceptors (Lipinski definition) is 3. The molecule has 1 fully saturated rings. The molecule has 1 saturated heterocycles. The summed E-state index contributed by atoms with van der Waals surface area (Å²) in [5.41, 5.74) is 2.45. The fourth-order valence-corrected chi connectivity index (χ4v) is 4.67. The monoisotopic (exact) mass is 493 g/mol. The molecule has 3 aromatic carbocycles. The maximum Gasteiger partial charge on any atom is 0.416 e. The lowest BCUT2D eigenvalue weighted by Gasteiger charge is -2.19. The van der Waals surface area contributed by atoms with E-state index in [0.717, 1.165) is 41.2 Å². The molecule has 1 aliphatic heterocycles. The second kappa shape index (κ2) is 9.68. The molecule has 1 aliphatic rings. The third-order valence-corrected chi connectivity index (χ3v) is 6.48. The maximum absolute atomic E-state index is 13.2. The fraction of sp³-hybridized carbons (Fsp3) is 0.286. The van der Waals surface area contributed by atoms with Gasteiger partial charge in [-0.3, -0.25) is 4.79 Å². The second-order valence-electron chi connectivity index (χ2n) is 9.08. The average molecular weight is 494 g/mol. The molecule has 5 rings (SSSR count). The highest BCUT2D eigenvalue weighted by Gasteiger charge is 2.36. The van der Waals surface area contributed by atoms with Gasteiger partial charge in [-0.25, -0.2) is 4.98 Å². The Morgan fingerprint density at radius 1 is 1.03 bits per heavy atom. The molecule has 0 saturated carbocycles. The van der Waals surface area contributed by atoms with Gasteiger partial charge >= 0.3 is 6.18 Å². The Balaban J connectivity index is 1.35. The van der Waals surface area contributed by atoms with E-state index in [1.54, 1.807) is 6.07 Å². The van der Waals surface area contributed by atoms with Crippen LogP contribution in [-0.4, -0.2) is 28.6 Å². The zero-order chi connectivity index (χ0) is 25.3. The third-order valence-electron chi connectivity index (χ3n) is 6.48. The van der Waals surface area contributed by atoms with E-state index in [-0.39, 0.29) is 30.5 Å². The molecule has 0 unspecified atom stereocenters. The molecule has 186 valence electrons. The molecule has 0 bridgehead atoms. The number of anilines is 1. The highest BCUT2D eigenvalue weighted by Crippen LogP contribution is 2.36. The molecule has 0 N–H and O–H groups in total. The summed E-state index contributed by atoms with van der Waals surface area (Å²) in [5.74, 6) is 1.15. The Kier molecular flexibility index (Phi) is 6.43. The van der Waals surface area contributed by atoms with Gasteiger partial charge < -0.3 is 14.2 Å². The van der Waals surface area contributed by atoms with E-state index in [2.05, 4.69) is 4.57 Å². The van der Waals surface area contributed by atoms with Crippen LogP contribution in [0.1, 0.15) is 35.7 Å². The molecule has 1 atom stereocenters. The Morgan fingerprint density at radius 2 is 1.81 bits per heavy atom. The number of carbonyl (C=O) groups excluding carboxylic acids is 1. The van der Waals surface area contributed by atoms with Gasteiger partial charge in [0.25, 0.3) is 0 Å². The number of amides is 1. The first kappa shape index (κ1) is 23.9. The van der Waals surface area contributed by atoms with Crippen LogP contribution in [0.25, 0.3) is 11.0 Å². The highest BCUT2D eigenvalue weighted by molar-refractivity contribution is 5.96. The van der Waals surface area contributed by atoms with E-state index in [1.165, 1.54) is 16.5 Å². The third kappa shape index (κ3) is 4.94. The van der Waals surface area contributed by atoms with Crippen molar-refractivity contribution in [3.8, 4) is 5.75 Å². The topological polar surface area (TPSA) is 47.4 Å². The molecule has 5 nitrogen and oxygen atoms in total. The summed E-state index contributed by atoms with van der Waals surface area (Å²) in [6.45, 7) is 3.48. The van der Waals surface area contributed by atoms with E-state index in [0.29, 0.717) is 13.2 Å². The fourth-order valence-electron chi connectivity index (χ4n) is 4.67. The number of ether oxygens (including phenoxy) is 1. The summed E-state index contributed by atoms with van der Waals surface area (Å²) in [7, 11) is 0. The molecule has 0 radical (unpaired) electrons. The van der Waals surface area contributed by atoms with Crippen LogP contribution in [0.4, 0.5) is 18.9 Å². The summed E-state index contributed by atoms with van der Waals surface area (Å²) < 4.78 is 47.6. The average Bonchev–Trinajstić information content (AvgIpc) is 3.43. The summed E-state index contributed by atoms with van der Waals surface area (Å²) in [5, 5.41) is 0. The number of aromatic nitrogens is 2. The van der Waals surface area contributed by atoms with Gasteiger partial charge in [-0.15, -0.1) is 0 Å². The van der Waals surface area contributed by atoms with Gasteiger partial charge in [0.05, 0.1) is 23.2 Å². The number of benzene rings is 3. The minimum Gasteiger partial charge on any atom is -0.494 e. The molecule has 2 heterocycles. The van der Waals surface area contributed by atoms with Crippen molar-refractivity contribution in [1.82, 2.24) is 9.55 Å². The quantitative estimate of drug-likeness (QED) is 0.282. The van der Waals surface area contributed by atoms with Gasteiger partial charge in [0.2, 0.25) is 5.91 Å². The Bertz CT molecular complexity index is 1380. The van der Waals surface area contributed by atoms with Crippen molar-refractivity contribution in [1.29, 1.82) is 0 Å². The standard InChI is InChI=1S/C28H26F3N3O2/c1-19-10-12-23(13-11-19)36-15-5-14-33-25-9-3-2-8-24(25)32-27(33)20-16-26(35)34(18-20)22-7-4-6-21(17-22)28(29,30)31/h2-4,6-13,17,20H,5,14-16,18H2,1H3/t20-/m1/s1. The van der Waals surface area contributed by atoms with Crippen LogP contribution in [-0.2, 0) is 17.5 Å². The van der Waals surface area contributed by atoms with E-state index < -0.39 is 11.7 Å². The minimum absolute atomic E-state index is 0.194. The summed E-state index contributed by atoms with van der Waals surface area (Å²) >= 11 is 0. The van der Waals surface area contributed by atoms with Crippen molar-refractivity contribution in [2.75, 3.05) is 18.1 Å². The lowest BCUT2D eigenvalue weighted by atomic mass is 10.1. The molecule has 0 aliphatic carbocycles. The summed E-state index contributed by atoms with van der Waals surface area (Å²) in [4.78, 5) is 19.1. The van der Waals surface area contributed by atoms with Crippen molar-refractivity contribution in [3.63, 3.8) is 0 Å². The first-order chi connectivity index (χ1) is 17.3. The van der Waals surface area contributed by atoms with Crippen LogP contribution in [0.2, 0.25) is 0 Å². The van der Waals surface area contributed by atoms with Crippen molar-refractivity contribution >= 4 is 22.6 Å². The van der Waals surface area contributed by atoms with Crippen LogP contribution < -0.4 is 9.64 Å². The van der Waals surface area contributed by atoms with Gasteiger partial charge in [-0.05, 0) is 55.8 Å². The zero-order valence-corrected chi connectivity index (χ0v) is 19.8. The number of fused-ring (bicyclic) bond motifs is 1. The van der Waals surface area contributed by atoms with Crippen LogP contribution in [0.15, 0.2) is 72.8 Å². The predicted molar refractivity (Wildman–Crippen MR) is 132 cm³/mol. The van der Waals surface area contributed by atoms with Gasteiger partial charge in [-0.1, -0.05) is 35.9 Å². The highest BCUT2D eigenvalue weighted by atomic mass is 19.4. The molecule has 4 aromatic rings. The van der Waals surface area contributed by atoms with E-state index in [1.807, 2.05) is 55.5 Å². The molecule has 1 aromatic heterocycles. The number of imidazole rings is 1. The van der Waals surface area contributed by atoms with Crippen molar-refractivity contribution in [2.45, 2.75) is 38.4 Å². The molecule has 36 heavy (non-hydrogen) atoms. The largest absolute Gasteiger partial charge is 0.494 e. The minimum atomic E-state index is -4.47. The first-order valence-electron chi connectivity index (χ1n) is 11.9. The van der Waals surface area contributed by atoms with Crippen LogP contribution in [0, 0.1) is 6.92 Å². The number of carbonyl (C=O) groups is 1. The van der Waals surface area contributed by atoms with Gasteiger partial charge in [0, 0.05) is 31.1 Å². The lowest BCUT2D eigenvalue weighted by Crippen LogP contribution is -2.25. The van der Waals surface area contributed by atoms with Crippen LogP contribution in [0.5, 0.6) is 5.75 Å². The Labute approximate surface area is 207 Å². The smallest absolute Gasteiger partial charge is 0.416 e. The van der Waals surface area contributed by atoms with E-state index in [9.17, 15) is 18.0 Å².